The molecule has 2 aromatic carbocycles. The molecule has 0 spiro atoms. The van der Waals surface area contributed by atoms with Crippen LogP contribution in [0.4, 0.5) is 4.39 Å². The van der Waals surface area contributed by atoms with Crippen molar-refractivity contribution < 1.29 is 23.8 Å². The Labute approximate surface area is 218 Å². The lowest BCUT2D eigenvalue weighted by molar-refractivity contribution is -0.148. The van der Waals surface area contributed by atoms with E-state index >= 15 is 4.39 Å². The van der Waals surface area contributed by atoms with E-state index in [1.807, 2.05) is 0 Å². The van der Waals surface area contributed by atoms with E-state index in [1.54, 1.807) is 50.2 Å². The van der Waals surface area contributed by atoms with Crippen molar-refractivity contribution in [3.05, 3.63) is 98.5 Å². The summed E-state index contributed by atoms with van der Waals surface area (Å²) >= 11 is 12.2. The van der Waals surface area contributed by atoms with E-state index in [0.717, 1.165) is 0 Å². The summed E-state index contributed by atoms with van der Waals surface area (Å²) in [6.07, 6.45) is 1.70. The van der Waals surface area contributed by atoms with Gasteiger partial charge in [0, 0.05) is 23.4 Å². The number of fused-ring (bicyclic) bond motifs is 1. The van der Waals surface area contributed by atoms with Gasteiger partial charge in [0.25, 0.3) is 5.91 Å². The quantitative estimate of drug-likeness (QED) is 0.460. The van der Waals surface area contributed by atoms with Crippen LogP contribution in [0, 0.1) is 5.82 Å². The summed E-state index contributed by atoms with van der Waals surface area (Å²) in [4.78, 5) is 19.9. The molecular formula is C27H25Cl2FN2O4. The molecule has 0 aliphatic carbocycles. The Morgan fingerprint density at radius 2 is 1.92 bits per heavy atom. The Hall–Kier alpha value is -2.55. The summed E-state index contributed by atoms with van der Waals surface area (Å²) in [5.74, 6) is -1.10. The number of rotatable bonds is 6. The van der Waals surface area contributed by atoms with Crippen LogP contribution in [0.5, 0.6) is 0 Å². The molecule has 2 aliphatic heterocycles. The highest BCUT2D eigenvalue weighted by Crippen LogP contribution is 2.49. The molecule has 6 nitrogen and oxygen atoms in total. The summed E-state index contributed by atoms with van der Waals surface area (Å²) in [6.45, 7) is 3.93. The molecule has 36 heavy (non-hydrogen) atoms. The van der Waals surface area contributed by atoms with Crippen LogP contribution in [0.1, 0.15) is 53.0 Å². The number of benzene rings is 2. The minimum absolute atomic E-state index is 0.0260. The van der Waals surface area contributed by atoms with Crippen molar-refractivity contribution in [2.45, 2.75) is 44.2 Å². The van der Waals surface area contributed by atoms with Crippen LogP contribution in [0.2, 0.25) is 10.0 Å². The summed E-state index contributed by atoms with van der Waals surface area (Å²) in [6, 6.07) is 13.0. The molecule has 1 amide bonds. The van der Waals surface area contributed by atoms with Crippen LogP contribution in [-0.2, 0) is 27.3 Å². The maximum atomic E-state index is 16.1. The minimum Gasteiger partial charge on any atom is -0.386 e. The van der Waals surface area contributed by atoms with Crippen molar-refractivity contribution in [3.8, 4) is 0 Å². The van der Waals surface area contributed by atoms with Gasteiger partial charge in [-0.3, -0.25) is 14.7 Å². The van der Waals surface area contributed by atoms with Gasteiger partial charge in [0.2, 0.25) is 5.72 Å². The predicted molar refractivity (Wildman–Crippen MR) is 133 cm³/mol. The lowest BCUT2D eigenvalue weighted by Gasteiger charge is -2.41. The van der Waals surface area contributed by atoms with E-state index in [9.17, 15) is 9.90 Å². The van der Waals surface area contributed by atoms with Crippen molar-refractivity contribution in [1.82, 2.24) is 9.88 Å². The third-order valence-electron chi connectivity index (χ3n) is 6.56. The van der Waals surface area contributed by atoms with Crippen LogP contribution in [-0.4, -0.2) is 40.2 Å². The second-order valence-electron chi connectivity index (χ2n) is 9.55. The van der Waals surface area contributed by atoms with E-state index in [1.165, 1.54) is 23.2 Å². The van der Waals surface area contributed by atoms with E-state index in [2.05, 4.69) is 4.98 Å². The van der Waals surface area contributed by atoms with Gasteiger partial charge in [0.1, 0.15) is 5.82 Å². The maximum absolute atomic E-state index is 16.1. The first kappa shape index (κ1) is 25.1. The summed E-state index contributed by atoms with van der Waals surface area (Å²) < 4.78 is 28.3. The zero-order valence-corrected chi connectivity index (χ0v) is 21.3. The Balaban J connectivity index is 1.76. The minimum atomic E-state index is -1.61. The number of nitrogens with zero attached hydrogens (tertiary/aromatic N) is 2. The molecule has 2 aliphatic rings. The number of aliphatic hydroxyl groups is 1. The highest BCUT2D eigenvalue weighted by Gasteiger charge is 2.56. The average molecular weight is 531 g/mol. The van der Waals surface area contributed by atoms with Crippen LogP contribution in [0.15, 0.2) is 54.7 Å². The molecule has 3 heterocycles. The predicted octanol–water partition coefficient (Wildman–Crippen LogP) is 5.42. The highest BCUT2D eigenvalue weighted by molar-refractivity contribution is 6.30. The number of amides is 1. The average Bonchev–Trinajstić information content (AvgIpc) is 3.42. The summed E-state index contributed by atoms with van der Waals surface area (Å²) in [7, 11) is 0. The number of carbonyl (C=O) groups is 1. The van der Waals surface area contributed by atoms with Crippen molar-refractivity contribution in [2.24, 2.45) is 0 Å². The normalized spacial score (nSPS) is 21.8. The molecule has 0 radical (unpaired) electrons. The topological polar surface area (TPSA) is 71.9 Å². The van der Waals surface area contributed by atoms with Gasteiger partial charge in [-0.05, 0) is 62.2 Å². The Bertz CT molecular complexity index is 1290. The first-order chi connectivity index (χ1) is 17.1. The van der Waals surface area contributed by atoms with Gasteiger partial charge in [-0.15, -0.1) is 0 Å². The van der Waals surface area contributed by atoms with Crippen LogP contribution in [0.3, 0.4) is 0 Å². The molecule has 1 saturated heterocycles. The Morgan fingerprint density at radius 3 is 2.53 bits per heavy atom. The van der Waals surface area contributed by atoms with Gasteiger partial charge >= 0.3 is 0 Å². The van der Waals surface area contributed by atoms with E-state index < -0.39 is 23.1 Å². The lowest BCUT2D eigenvalue weighted by atomic mass is 9.88. The third kappa shape index (κ3) is 4.40. The van der Waals surface area contributed by atoms with Crippen LogP contribution in [0.25, 0.3) is 0 Å². The summed E-state index contributed by atoms with van der Waals surface area (Å²) in [5, 5.41) is 11.5. The number of hydrogen-bond donors (Lipinski definition) is 1. The second kappa shape index (κ2) is 9.39. The zero-order chi connectivity index (χ0) is 25.7. The Morgan fingerprint density at radius 1 is 1.19 bits per heavy atom. The molecule has 1 fully saturated rings. The van der Waals surface area contributed by atoms with Crippen LogP contribution >= 0.6 is 23.2 Å². The number of hydrogen-bond acceptors (Lipinski definition) is 5. The largest absolute Gasteiger partial charge is 0.386 e. The van der Waals surface area contributed by atoms with Gasteiger partial charge < -0.3 is 14.6 Å². The lowest BCUT2D eigenvalue weighted by Crippen LogP contribution is -2.49. The van der Waals surface area contributed by atoms with Crippen molar-refractivity contribution in [2.75, 3.05) is 13.2 Å². The smallest absolute Gasteiger partial charge is 0.257 e. The van der Waals surface area contributed by atoms with Crippen molar-refractivity contribution >= 4 is 29.1 Å². The molecule has 5 rings (SSSR count). The van der Waals surface area contributed by atoms with Crippen molar-refractivity contribution in [1.29, 1.82) is 0 Å². The molecule has 2 unspecified atom stereocenters. The van der Waals surface area contributed by atoms with Gasteiger partial charge in [-0.2, -0.15) is 0 Å². The van der Waals surface area contributed by atoms with E-state index in [-0.39, 0.29) is 29.3 Å². The Kier molecular flexibility index (Phi) is 6.55. The SMILES string of the molecule is CC(C)(O)c1cc(F)c2c(c1)C(=O)N(Cc1ccc(Cl)cn1)C2(OC1CCOC1)c1ccc(Cl)cc1. The molecule has 2 atom stereocenters. The number of pyridine rings is 1. The molecule has 188 valence electrons. The summed E-state index contributed by atoms with van der Waals surface area (Å²) in [5.41, 5.74) is -1.39. The number of carbonyl (C=O) groups excluding carboxylic acids is 1. The molecule has 9 heteroatoms. The highest BCUT2D eigenvalue weighted by atomic mass is 35.5. The molecule has 0 bridgehead atoms. The number of aromatic nitrogens is 1. The van der Waals surface area contributed by atoms with E-state index in [4.69, 9.17) is 32.7 Å². The maximum Gasteiger partial charge on any atom is 0.257 e. The first-order valence-electron chi connectivity index (χ1n) is 11.6. The number of ether oxygens (including phenoxy) is 2. The van der Waals surface area contributed by atoms with Crippen molar-refractivity contribution in [3.63, 3.8) is 0 Å². The fourth-order valence-corrected chi connectivity index (χ4v) is 4.99. The molecule has 1 aromatic heterocycles. The van der Waals surface area contributed by atoms with Gasteiger partial charge in [0.05, 0.1) is 46.7 Å². The fourth-order valence-electron chi connectivity index (χ4n) is 4.76. The molecular weight excluding hydrogens is 506 g/mol. The molecule has 1 N–H and O–H groups in total. The van der Waals surface area contributed by atoms with Gasteiger partial charge in [-0.25, -0.2) is 4.39 Å². The zero-order valence-electron chi connectivity index (χ0n) is 19.8. The van der Waals surface area contributed by atoms with Gasteiger partial charge in [0.15, 0.2) is 0 Å². The second-order valence-corrected chi connectivity index (χ2v) is 10.4. The van der Waals surface area contributed by atoms with E-state index in [0.29, 0.717) is 40.9 Å². The van der Waals surface area contributed by atoms with Gasteiger partial charge in [-0.1, -0.05) is 35.3 Å². The standard InChI is InChI=1S/C27H25Cl2FN2O4/c1-26(2,34)17-11-22-24(23(30)12-17)27(36-21-9-10-35-15-21,16-3-5-18(28)6-4-16)32(25(22)33)14-20-8-7-19(29)13-31-20/h3-8,11-13,21,34H,9-10,14-15H2,1-2H3. The first-order valence-corrected chi connectivity index (χ1v) is 12.4. The fraction of sp³-hybridized carbons (Fsp3) is 0.333. The van der Waals surface area contributed by atoms with Crippen LogP contribution < -0.4 is 0 Å². The number of halogens is 3. The third-order valence-corrected chi connectivity index (χ3v) is 7.04. The molecule has 0 saturated carbocycles. The monoisotopic (exact) mass is 530 g/mol. The molecule has 3 aromatic rings.